The highest BCUT2D eigenvalue weighted by Crippen LogP contribution is 2.26. The van der Waals surface area contributed by atoms with Gasteiger partial charge in [-0.2, -0.15) is 4.98 Å². The molecule has 112 valence electrons. The van der Waals surface area contributed by atoms with E-state index in [9.17, 15) is 0 Å². The van der Waals surface area contributed by atoms with E-state index in [2.05, 4.69) is 20.3 Å². The number of para-hydroxylation sites is 1. The summed E-state index contributed by atoms with van der Waals surface area (Å²) >= 11 is 0. The van der Waals surface area contributed by atoms with E-state index in [1.54, 1.807) is 0 Å². The van der Waals surface area contributed by atoms with Crippen molar-refractivity contribution in [2.45, 2.75) is 13.8 Å². The minimum absolute atomic E-state index is 0.588. The fourth-order valence-corrected chi connectivity index (χ4v) is 2.48. The van der Waals surface area contributed by atoms with E-state index in [0.29, 0.717) is 5.95 Å². The van der Waals surface area contributed by atoms with Gasteiger partial charge >= 0.3 is 0 Å². The topological polar surface area (TPSA) is 53.9 Å². The Morgan fingerprint density at radius 3 is 2.59 bits per heavy atom. The third-order valence-corrected chi connectivity index (χ3v) is 3.46. The molecule has 0 aliphatic heterocycles. The lowest BCUT2D eigenvalue weighted by Crippen LogP contribution is -2.13. The molecular formula is C17H19N5. The molecule has 5 nitrogen and oxygen atoms in total. The Morgan fingerprint density at radius 2 is 1.82 bits per heavy atom. The molecule has 0 amide bonds. The molecule has 0 fully saturated rings. The first-order chi connectivity index (χ1) is 10.5. The van der Waals surface area contributed by atoms with E-state index in [-0.39, 0.29) is 0 Å². The third kappa shape index (κ3) is 2.70. The Labute approximate surface area is 130 Å². The van der Waals surface area contributed by atoms with Crippen LogP contribution < -0.4 is 10.2 Å². The van der Waals surface area contributed by atoms with Crippen LogP contribution in [0.25, 0.3) is 10.9 Å². The van der Waals surface area contributed by atoms with Crippen LogP contribution in [0.1, 0.15) is 11.3 Å². The summed E-state index contributed by atoms with van der Waals surface area (Å²) in [6.07, 6.45) is 1.83. The molecule has 0 aliphatic carbocycles. The lowest BCUT2D eigenvalue weighted by Gasteiger charge is -2.16. The van der Waals surface area contributed by atoms with Gasteiger partial charge < -0.3 is 10.2 Å². The van der Waals surface area contributed by atoms with E-state index in [1.165, 1.54) is 0 Å². The predicted molar refractivity (Wildman–Crippen MR) is 90.9 cm³/mol. The quantitative estimate of drug-likeness (QED) is 0.801. The second-order valence-corrected chi connectivity index (χ2v) is 5.55. The highest BCUT2D eigenvalue weighted by atomic mass is 15.2. The summed E-state index contributed by atoms with van der Waals surface area (Å²) in [5.41, 5.74) is 3.94. The predicted octanol–water partition coefficient (Wildman–Crippen LogP) is 3.45. The summed E-state index contributed by atoms with van der Waals surface area (Å²) in [5.74, 6) is 1.50. The molecule has 0 bridgehead atoms. The van der Waals surface area contributed by atoms with Gasteiger partial charge in [0.2, 0.25) is 5.95 Å². The maximum atomic E-state index is 4.59. The van der Waals surface area contributed by atoms with E-state index in [0.717, 1.165) is 33.7 Å². The van der Waals surface area contributed by atoms with Crippen molar-refractivity contribution in [3.05, 3.63) is 47.8 Å². The Morgan fingerprint density at radius 1 is 1.05 bits per heavy atom. The standard InChI is InChI=1S/C17H19N5/c1-11-10-18-17(21-16(11)22(3)4)20-15-9-12(2)19-14-8-6-5-7-13(14)15/h5-10H,1-4H3,(H,18,19,20,21). The average molecular weight is 293 g/mol. The molecule has 1 N–H and O–H groups in total. The van der Waals surface area contributed by atoms with Crippen molar-refractivity contribution in [2.75, 3.05) is 24.3 Å². The minimum atomic E-state index is 0.588. The number of anilines is 3. The van der Waals surface area contributed by atoms with Gasteiger partial charge in [-0.15, -0.1) is 0 Å². The third-order valence-electron chi connectivity index (χ3n) is 3.46. The maximum absolute atomic E-state index is 4.59. The number of rotatable bonds is 3. The first kappa shape index (κ1) is 14.3. The van der Waals surface area contributed by atoms with Gasteiger partial charge in [0, 0.05) is 36.9 Å². The average Bonchev–Trinajstić information content (AvgIpc) is 2.48. The van der Waals surface area contributed by atoms with Crippen molar-refractivity contribution in [3.63, 3.8) is 0 Å². The summed E-state index contributed by atoms with van der Waals surface area (Å²) in [5, 5.41) is 4.38. The van der Waals surface area contributed by atoms with Gasteiger partial charge in [0.1, 0.15) is 5.82 Å². The van der Waals surface area contributed by atoms with Crippen LogP contribution in [-0.2, 0) is 0 Å². The van der Waals surface area contributed by atoms with E-state index >= 15 is 0 Å². The van der Waals surface area contributed by atoms with Crippen molar-refractivity contribution < 1.29 is 0 Å². The summed E-state index contributed by atoms with van der Waals surface area (Å²) < 4.78 is 0. The van der Waals surface area contributed by atoms with Crippen LogP contribution in [0.15, 0.2) is 36.5 Å². The molecule has 22 heavy (non-hydrogen) atoms. The number of fused-ring (bicyclic) bond motifs is 1. The molecular weight excluding hydrogens is 274 g/mol. The Hall–Kier alpha value is -2.69. The van der Waals surface area contributed by atoms with Gasteiger partial charge in [-0.3, -0.25) is 4.98 Å². The van der Waals surface area contributed by atoms with E-state index in [1.807, 2.05) is 69.4 Å². The molecule has 0 unspecified atom stereocenters. The fourth-order valence-electron chi connectivity index (χ4n) is 2.48. The second-order valence-electron chi connectivity index (χ2n) is 5.55. The number of pyridine rings is 1. The second kappa shape index (κ2) is 5.60. The number of hydrogen-bond acceptors (Lipinski definition) is 5. The molecule has 0 radical (unpaired) electrons. The maximum Gasteiger partial charge on any atom is 0.229 e. The summed E-state index contributed by atoms with van der Waals surface area (Å²) in [6, 6.07) is 10.1. The van der Waals surface area contributed by atoms with Crippen molar-refractivity contribution in [2.24, 2.45) is 0 Å². The van der Waals surface area contributed by atoms with Crippen LogP contribution in [0.3, 0.4) is 0 Å². The fraction of sp³-hybridized carbons (Fsp3) is 0.235. The lowest BCUT2D eigenvalue weighted by atomic mass is 10.1. The van der Waals surface area contributed by atoms with Crippen LogP contribution in [0.4, 0.5) is 17.5 Å². The lowest BCUT2D eigenvalue weighted by molar-refractivity contribution is 1.02. The first-order valence-electron chi connectivity index (χ1n) is 7.19. The van der Waals surface area contributed by atoms with Crippen molar-refractivity contribution in [3.8, 4) is 0 Å². The van der Waals surface area contributed by atoms with E-state index < -0.39 is 0 Å². The molecule has 0 atom stereocenters. The number of nitrogens with zero attached hydrogens (tertiary/aromatic N) is 4. The molecule has 0 spiro atoms. The van der Waals surface area contributed by atoms with Crippen LogP contribution in [0.2, 0.25) is 0 Å². The van der Waals surface area contributed by atoms with Gasteiger partial charge in [0.25, 0.3) is 0 Å². The zero-order valence-corrected chi connectivity index (χ0v) is 13.3. The summed E-state index contributed by atoms with van der Waals surface area (Å²) in [7, 11) is 3.95. The van der Waals surface area contributed by atoms with Crippen LogP contribution in [-0.4, -0.2) is 29.0 Å². The highest BCUT2D eigenvalue weighted by Gasteiger charge is 2.08. The van der Waals surface area contributed by atoms with Crippen molar-refractivity contribution in [1.82, 2.24) is 15.0 Å². The van der Waals surface area contributed by atoms with Crippen molar-refractivity contribution in [1.29, 1.82) is 0 Å². The Kier molecular flexibility index (Phi) is 3.63. The Balaban J connectivity index is 2.05. The van der Waals surface area contributed by atoms with Crippen LogP contribution in [0, 0.1) is 13.8 Å². The number of hydrogen-bond donors (Lipinski definition) is 1. The molecule has 3 rings (SSSR count). The van der Waals surface area contributed by atoms with Gasteiger partial charge in [-0.05, 0) is 26.0 Å². The minimum Gasteiger partial charge on any atom is -0.362 e. The smallest absolute Gasteiger partial charge is 0.229 e. The van der Waals surface area contributed by atoms with Crippen molar-refractivity contribution >= 4 is 28.4 Å². The largest absolute Gasteiger partial charge is 0.362 e. The number of nitrogens with one attached hydrogen (secondary N) is 1. The molecule has 1 aromatic carbocycles. The summed E-state index contributed by atoms with van der Waals surface area (Å²) in [6.45, 7) is 3.99. The molecule has 2 aromatic heterocycles. The van der Waals surface area contributed by atoms with E-state index in [4.69, 9.17) is 0 Å². The molecule has 3 aromatic rings. The Bertz CT molecular complexity index is 826. The molecule has 0 aliphatic rings. The molecule has 0 saturated heterocycles. The number of aryl methyl sites for hydroxylation is 2. The zero-order chi connectivity index (χ0) is 15.7. The summed E-state index contributed by atoms with van der Waals surface area (Å²) in [4.78, 5) is 15.5. The SMILES string of the molecule is Cc1cc(Nc2ncc(C)c(N(C)C)n2)c2ccccc2n1. The molecule has 2 heterocycles. The number of benzene rings is 1. The van der Waals surface area contributed by atoms with Gasteiger partial charge in [0.05, 0.1) is 11.2 Å². The van der Waals surface area contributed by atoms with Gasteiger partial charge in [-0.25, -0.2) is 4.98 Å². The van der Waals surface area contributed by atoms with Crippen LogP contribution in [0.5, 0.6) is 0 Å². The molecule has 5 heteroatoms. The van der Waals surface area contributed by atoms with Crippen LogP contribution >= 0.6 is 0 Å². The highest BCUT2D eigenvalue weighted by molar-refractivity contribution is 5.92. The first-order valence-corrected chi connectivity index (χ1v) is 7.19. The van der Waals surface area contributed by atoms with Gasteiger partial charge in [0.15, 0.2) is 0 Å². The normalized spacial score (nSPS) is 10.7. The number of aromatic nitrogens is 3. The zero-order valence-electron chi connectivity index (χ0n) is 13.3. The van der Waals surface area contributed by atoms with Gasteiger partial charge in [-0.1, -0.05) is 18.2 Å². The monoisotopic (exact) mass is 293 g/mol. The molecule has 0 saturated carbocycles.